The first kappa shape index (κ1) is 18.3. The standard InChI is InChI=1S/C16H28N2O2S/c1-13(10-16(2,3)20-4)17-11-15(19)18-8-5-6-14(12-18)7-9-21/h13-14,17,21H,5-6,8,10-12H2,1-4H3. The van der Waals surface area contributed by atoms with Crippen LogP contribution in [-0.4, -0.2) is 49.2 Å². The third kappa shape index (κ3) is 6.73. The van der Waals surface area contributed by atoms with Crippen molar-refractivity contribution in [2.45, 2.75) is 51.7 Å². The Morgan fingerprint density at radius 3 is 2.90 bits per heavy atom. The Morgan fingerprint density at radius 2 is 2.29 bits per heavy atom. The number of hydrogen-bond acceptors (Lipinski definition) is 4. The van der Waals surface area contributed by atoms with Gasteiger partial charge in [-0.25, -0.2) is 0 Å². The minimum Gasteiger partial charge on any atom is -0.379 e. The Bertz CT molecular complexity index is 401. The highest BCUT2D eigenvalue weighted by Crippen LogP contribution is 2.17. The van der Waals surface area contributed by atoms with E-state index in [-0.39, 0.29) is 23.5 Å². The summed E-state index contributed by atoms with van der Waals surface area (Å²) in [5.74, 6) is 3.48. The molecule has 0 aromatic rings. The van der Waals surface area contributed by atoms with E-state index in [0.717, 1.165) is 32.4 Å². The zero-order valence-electron chi connectivity index (χ0n) is 13.6. The summed E-state index contributed by atoms with van der Waals surface area (Å²) in [6.45, 7) is 8.13. The summed E-state index contributed by atoms with van der Waals surface area (Å²) in [5.41, 5.74) is -0.173. The molecule has 1 saturated heterocycles. The van der Waals surface area contributed by atoms with Gasteiger partial charge in [0.2, 0.25) is 5.91 Å². The molecule has 21 heavy (non-hydrogen) atoms. The Morgan fingerprint density at radius 1 is 1.57 bits per heavy atom. The fraction of sp³-hybridized carbons (Fsp3) is 0.812. The molecule has 2 unspecified atom stereocenters. The number of carbonyl (C=O) groups excluding carboxylic acids is 1. The van der Waals surface area contributed by atoms with Crippen molar-refractivity contribution in [3.8, 4) is 11.2 Å². The first-order valence-electron chi connectivity index (χ1n) is 7.59. The van der Waals surface area contributed by atoms with Crippen LogP contribution in [0.3, 0.4) is 0 Å². The summed E-state index contributed by atoms with van der Waals surface area (Å²) >= 11 is 3.94. The maximum Gasteiger partial charge on any atom is 0.236 e. The number of hydrogen-bond donors (Lipinski definition) is 2. The van der Waals surface area contributed by atoms with E-state index in [9.17, 15) is 4.79 Å². The molecular formula is C16H28N2O2S. The lowest BCUT2D eigenvalue weighted by Gasteiger charge is -2.31. The molecule has 1 N–H and O–H groups in total. The van der Waals surface area contributed by atoms with Crippen molar-refractivity contribution in [3.63, 3.8) is 0 Å². The molecule has 0 radical (unpaired) electrons. The number of piperidine rings is 1. The van der Waals surface area contributed by atoms with Gasteiger partial charge in [0.1, 0.15) is 0 Å². The van der Waals surface area contributed by atoms with Crippen LogP contribution in [-0.2, 0) is 9.53 Å². The van der Waals surface area contributed by atoms with Crippen LogP contribution in [0.25, 0.3) is 0 Å². The largest absolute Gasteiger partial charge is 0.379 e. The van der Waals surface area contributed by atoms with Crippen molar-refractivity contribution in [1.29, 1.82) is 0 Å². The Balaban J connectivity index is 2.37. The molecule has 1 heterocycles. The fourth-order valence-electron chi connectivity index (χ4n) is 2.68. The number of rotatable bonds is 6. The van der Waals surface area contributed by atoms with Crippen LogP contribution >= 0.6 is 12.6 Å². The predicted molar refractivity (Wildman–Crippen MR) is 89.2 cm³/mol. The monoisotopic (exact) mass is 312 g/mol. The van der Waals surface area contributed by atoms with E-state index in [2.05, 4.69) is 49.9 Å². The van der Waals surface area contributed by atoms with Crippen molar-refractivity contribution >= 4 is 18.5 Å². The Kier molecular flexibility index (Phi) is 7.58. The van der Waals surface area contributed by atoms with Gasteiger partial charge in [-0.2, -0.15) is 0 Å². The lowest BCUT2D eigenvalue weighted by Crippen LogP contribution is -2.46. The second-order valence-electron chi connectivity index (χ2n) is 6.38. The van der Waals surface area contributed by atoms with Gasteiger partial charge >= 0.3 is 0 Å². The van der Waals surface area contributed by atoms with E-state index in [1.54, 1.807) is 7.11 Å². The van der Waals surface area contributed by atoms with Crippen LogP contribution in [0.15, 0.2) is 0 Å². The number of amides is 1. The normalized spacial score (nSPS) is 20.6. The number of nitrogens with zero attached hydrogens (tertiary/aromatic N) is 1. The quantitative estimate of drug-likeness (QED) is 0.581. The van der Waals surface area contributed by atoms with Gasteiger partial charge in [0.05, 0.1) is 12.1 Å². The second-order valence-corrected chi connectivity index (χ2v) is 6.61. The minimum absolute atomic E-state index is 0.155. The SMILES string of the molecule is COC(C)(C)CC(C)NCC(=O)N1CCCC(C#CS)C1. The number of carbonyl (C=O) groups is 1. The van der Waals surface area contributed by atoms with Gasteiger partial charge in [0.15, 0.2) is 0 Å². The average Bonchev–Trinajstić information content (AvgIpc) is 2.45. The Labute approximate surface area is 134 Å². The van der Waals surface area contributed by atoms with Crippen LogP contribution in [0.1, 0.15) is 40.0 Å². The van der Waals surface area contributed by atoms with Crippen LogP contribution in [0.5, 0.6) is 0 Å². The van der Waals surface area contributed by atoms with E-state index < -0.39 is 0 Å². The molecule has 1 fully saturated rings. The van der Waals surface area contributed by atoms with Crippen LogP contribution < -0.4 is 5.32 Å². The predicted octanol–water partition coefficient (Wildman–Crippen LogP) is 1.91. The lowest BCUT2D eigenvalue weighted by molar-refractivity contribution is -0.131. The molecule has 0 aliphatic carbocycles. The highest BCUT2D eigenvalue weighted by molar-refractivity contribution is 7.85. The molecule has 1 aliphatic heterocycles. The highest BCUT2D eigenvalue weighted by Gasteiger charge is 2.24. The first-order chi connectivity index (χ1) is 9.88. The number of methoxy groups -OCH3 is 1. The van der Waals surface area contributed by atoms with E-state index in [1.807, 2.05) is 4.90 Å². The van der Waals surface area contributed by atoms with Gasteiger partial charge in [-0.1, -0.05) is 18.5 Å². The van der Waals surface area contributed by atoms with Gasteiger partial charge in [-0.3, -0.25) is 4.79 Å². The molecule has 1 aliphatic rings. The summed E-state index contributed by atoms with van der Waals surface area (Å²) in [5, 5.41) is 5.95. The molecule has 2 atom stereocenters. The van der Waals surface area contributed by atoms with Gasteiger partial charge in [-0.15, -0.1) is 0 Å². The van der Waals surface area contributed by atoms with E-state index in [1.165, 1.54) is 0 Å². The fourth-order valence-corrected chi connectivity index (χ4v) is 2.86. The van der Waals surface area contributed by atoms with Crippen molar-refractivity contribution in [2.24, 2.45) is 5.92 Å². The summed E-state index contributed by atoms with van der Waals surface area (Å²) in [7, 11) is 1.72. The zero-order valence-corrected chi connectivity index (χ0v) is 14.5. The number of thiol groups is 1. The molecule has 0 aromatic carbocycles. The molecule has 1 rings (SSSR count). The van der Waals surface area contributed by atoms with Crippen molar-refractivity contribution in [3.05, 3.63) is 0 Å². The molecule has 4 nitrogen and oxygen atoms in total. The number of ether oxygens (including phenoxy) is 1. The second kappa shape index (κ2) is 8.67. The molecule has 5 heteroatoms. The summed E-state index contributed by atoms with van der Waals surface area (Å²) < 4.78 is 5.41. The average molecular weight is 312 g/mol. The van der Waals surface area contributed by atoms with Gasteiger partial charge in [0.25, 0.3) is 0 Å². The number of nitrogens with one attached hydrogen (secondary N) is 1. The molecule has 0 aromatic heterocycles. The maximum atomic E-state index is 12.3. The van der Waals surface area contributed by atoms with E-state index >= 15 is 0 Å². The van der Waals surface area contributed by atoms with Crippen LogP contribution in [0.2, 0.25) is 0 Å². The Hall–Kier alpha value is -0.700. The lowest BCUT2D eigenvalue weighted by atomic mass is 9.98. The summed E-state index contributed by atoms with van der Waals surface area (Å²) in [4.78, 5) is 14.2. The third-order valence-corrected chi connectivity index (χ3v) is 4.12. The van der Waals surface area contributed by atoms with Crippen molar-refractivity contribution in [2.75, 3.05) is 26.7 Å². The highest BCUT2D eigenvalue weighted by atomic mass is 32.1. The summed E-state index contributed by atoms with van der Waals surface area (Å²) in [6, 6.07) is 0.238. The maximum absolute atomic E-state index is 12.3. The van der Waals surface area contributed by atoms with Crippen molar-refractivity contribution < 1.29 is 9.53 Å². The smallest absolute Gasteiger partial charge is 0.236 e. The van der Waals surface area contributed by atoms with E-state index in [4.69, 9.17) is 4.74 Å². The zero-order chi connectivity index (χ0) is 15.9. The molecule has 0 saturated carbocycles. The summed E-state index contributed by atoms with van der Waals surface area (Å²) in [6.07, 6.45) is 2.94. The third-order valence-electron chi connectivity index (χ3n) is 3.99. The first-order valence-corrected chi connectivity index (χ1v) is 8.03. The van der Waals surface area contributed by atoms with Crippen LogP contribution in [0.4, 0.5) is 0 Å². The van der Waals surface area contributed by atoms with Gasteiger partial charge in [-0.05, 0) is 45.3 Å². The molecule has 1 amide bonds. The molecule has 120 valence electrons. The molecular weight excluding hydrogens is 284 g/mol. The minimum atomic E-state index is -0.173. The molecule has 0 bridgehead atoms. The number of likely N-dealkylation sites (tertiary alicyclic amines) is 1. The molecule has 0 spiro atoms. The topological polar surface area (TPSA) is 41.6 Å². The van der Waals surface area contributed by atoms with Gasteiger partial charge < -0.3 is 15.0 Å². The van der Waals surface area contributed by atoms with Gasteiger partial charge in [0, 0.05) is 32.2 Å². The van der Waals surface area contributed by atoms with E-state index in [0.29, 0.717) is 6.54 Å². The van der Waals surface area contributed by atoms with Crippen LogP contribution in [0, 0.1) is 17.1 Å². The van der Waals surface area contributed by atoms with Crippen molar-refractivity contribution in [1.82, 2.24) is 10.2 Å².